The van der Waals surface area contributed by atoms with E-state index in [0.717, 1.165) is 13.0 Å². The first-order valence-electron chi connectivity index (χ1n) is 10.2. The summed E-state index contributed by atoms with van der Waals surface area (Å²) in [4.78, 5) is 4.81. The van der Waals surface area contributed by atoms with Crippen molar-refractivity contribution in [3.63, 3.8) is 0 Å². The smallest absolute Gasteiger partial charge is 0.0943 e. The van der Waals surface area contributed by atoms with Gasteiger partial charge in [0.05, 0.1) is 12.1 Å². The molecule has 3 atom stereocenters. The van der Waals surface area contributed by atoms with Crippen LogP contribution in [0.5, 0.6) is 0 Å². The van der Waals surface area contributed by atoms with Crippen molar-refractivity contribution in [1.82, 2.24) is 4.90 Å². The van der Waals surface area contributed by atoms with E-state index in [0.29, 0.717) is 0 Å². The zero-order valence-electron chi connectivity index (χ0n) is 17.8. The molecule has 3 nitrogen and oxygen atoms in total. The molecule has 0 bridgehead atoms. The predicted octanol–water partition coefficient (Wildman–Crippen LogP) is 5.60. The van der Waals surface area contributed by atoms with E-state index in [1.54, 1.807) is 7.11 Å². The Labute approximate surface area is 175 Å². The minimum Gasteiger partial charge on any atom is -0.375 e. The van der Waals surface area contributed by atoms with Crippen molar-refractivity contribution in [1.29, 1.82) is 0 Å². The van der Waals surface area contributed by atoms with Crippen LogP contribution in [-0.4, -0.2) is 37.7 Å². The molecule has 0 aromatic heterocycles. The number of methoxy groups -OCH3 is 1. The van der Waals surface area contributed by atoms with Crippen molar-refractivity contribution in [2.24, 2.45) is 0 Å². The van der Waals surface area contributed by atoms with Crippen LogP contribution in [0.4, 0.5) is 5.69 Å². The van der Waals surface area contributed by atoms with Crippen LogP contribution in [-0.2, 0) is 4.74 Å². The van der Waals surface area contributed by atoms with Crippen LogP contribution in [0.3, 0.4) is 0 Å². The molecule has 2 aromatic carbocycles. The van der Waals surface area contributed by atoms with Gasteiger partial charge < -0.3 is 9.64 Å². The third-order valence-electron chi connectivity index (χ3n) is 5.93. The Bertz CT molecular complexity index is 844. The largest absolute Gasteiger partial charge is 0.375 e. The van der Waals surface area contributed by atoms with Crippen LogP contribution in [0.25, 0.3) is 0 Å². The van der Waals surface area contributed by atoms with Crippen LogP contribution in [0.2, 0.25) is 0 Å². The molecule has 0 saturated heterocycles. The lowest BCUT2D eigenvalue weighted by atomic mass is 9.85. The number of rotatable bonds is 8. The summed E-state index contributed by atoms with van der Waals surface area (Å²) in [6, 6.07) is 21.6. The fourth-order valence-corrected chi connectivity index (χ4v) is 4.45. The normalized spacial score (nSPS) is 20.9. The molecule has 152 valence electrons. The third-order valence-corrected chi connectivity index (χ3v) is 5.93. The second-order valence-corrected chi connectivity index (χ2v) is 7.52. The van der Waals surface area contributed by atoms with Crippen molar-refractivity contribution in [2.75, 3.05) is 25.6 Å². The summed E-state index contributed by atoms with van der Waals surface area (Å²) in [5, 5.41) is 0. The van der Waals surface area contributed by atoms with Gasteiger partial charge in [0, 0.05) is 44.5 Å². The molecule has 1 heterocycles. The number of anilines is 1. The van der Waals surface area contributed by atoms with E-state index < -0.39 is 0 Å². The SMILES string of the molecule is C=CCN1[C@@H]([C@H](C=C)OC)C(C)=C(N(C)c2ccccc2)C[C@H]1c1ccccc1. The van der Waals surface area contributed by atoms with Gasteiger partial charge in [-0.05, 0) is 30.2 Å². The number of benzene rings is 2. The molecule has 0 N–H and O–H groups in total. The molecule has 0 radical (unpaired) electrons. The summed E-state index contributed by atoms with van der Waals surface area (Å²) in [5.41, 5.74) is 5.15. The Balaban J connectivity index is 2.13. The summed E-state index contributed by atoms with van der Waals surface area (Å²) < 4.78 is 5.86. The standard InChI is InChI=1S/C26H32N2O/c1-6-18-28-24(21-14-10-8-11-15-21)19-23(20(3)26(28)25(7-2)29-5)27(4)22-16-12-9-13-17-22/h6-17,24-26H,1-2,18-19H2,3-5H3/t24-,25-,26+/m0/s1. The van der Waals surface area contributed by atoms with Crippen molar-refractivity contribution in [3.05, 3.63) is 103 Å². The first kappa shape index (κ1) is 21.1. The van der Waals surface area contributed by atoms with Crippen molar-refractivity contribution in [3.8, 4) is 0 Å². The number of hydrogen-bond donors (Lipinski definition) is 0. The van der Waals surface area contributed by atoms with Crippen LogP contribution in [0.15, 0.2) is 97.2 Å². The average Bonchev–Trinajstić information content (AvgIpc) is 2.77. The first-order valence-corrected chi connectivity index (χ1v) is 10.2. The number of hydrogen-bond acceptors (Lipinski definition) is 3. The van der Waals surface area contributed by atoms with Gasteiger partial charge >= 0.3 is 0 Å². The van der Waals surface area contributed by atoms with Crippen LogP contribution >= 0.6 is 0 Å². The molecular weight excluding hydrogens is 356 g/mol. The summed E-state index contributed by atoms with van der Waals surface area (Å²) in [6.07, 6.45) is 4.73. The molecule has 0 fully saturated rings. The highest BCUT2D eigenvalue weighted by Gasteiger charge is 2.39. The third kappa shape index (κ3) is 4.36. The minimum atomic E-state index is -0.0966. The fraction of sp³-hybridized carbons (Fsp3) is 0.308. The Hall–Kier alpha value is -2.62. The van der Waals surface area contributed by atoms with Gasteiger partial charge in [0.15, 0.2) is 0 Å². The lowest BCUT2D eigenvalue weighted by Gasteiger charge is -2.47. The van der Waals surface area contributed by atoms with Gasteiger partial charge in [-0.25, -0.2) is 0 Å². The number of ether oxygens (including phenoxy) is 1. The average molecular weight is 389 g/mol. The maximum absolute atomic E-state index is 5.86. The van der Waals surface area contributed by atoms with Gasteiger partial charge in [-0.3, -0.25) is 4.90 Å². The molecule has 0 aliphatic carbocycles. The molecule has 29 heavy (non-hydrogen) atoms. The number of nitrogens with zero attached hydrogens (tertiary/aromatic N) is 2. The maximum atomic E-state index is 5.86. The van der Waals surface area contributed by atoms with E-state index in [9.17, 15) is 0 Å². The molecule has 1 aliphatic rings. The van der Waals surface area contributed by atoms with E-state index >= 15 is 0 Å². The van der Waals surface area contributed by atoms with Crippen LogP contribution in [0.1, 0.15) is 24.9 Å². The molecule has 0 unspecified atom stereocenters. The van der Waals surface area contributed by atoms with Crippen molar-refractivity contribution >= 4 is 5.69 Å². The molecule has 1 aliphatic heterocycles. The van der Waals surface area contributed by atoms with E-state index in [-0.39, 0.29) is 18.2 Å². The van der Waals surface area contributed by atoms with E-state index in [1.165, 1.54) is 22.5 Å². The molecule has 0 spiro atoms. The van der Waals surface area contributed by atoms with E-state index in [2.05, 4.69) is 97.6 Å². The van der Waals surface area contributed by atoms with Gasteiger partial charge in [0.25, 0.3) is 0 Å². The second-order valence-electron chi connectivity index (χ2n) is 7.52. The minimum absolute atomic E-state index is 0.0932. The summed E-state index contributed by atoms with van der Waals surface area (Å²) in [7, 11) is 3.92. The Morgan fingerprint density at radius 3 is 2.28 bits per heavy atom. The molecule has 3 rings (SSSR count). The molecular formula is C26H32N2O. The Morgan fingerprint density at radius 2 is 1.72 bits per heavy atom. The van der Waals surface area contributed by atoms with Gasteiger partial charge in [-0.1, -0.05) is 60.7 Å². The van der Waals surface area contributed by atoms with Crippen molar-refractivity contribution in [2.45, 2.75) is 31.5 Å². The summed E-state index contributed by atoms with van der Waals surface area (Å²) in [6.45, 7) is 11.1. The van der Waals surface area contributed by atoms with Gasteiger partial charge in [0.2, 0.25) is 0 Å². The van der Waals surface area contributed by atoms with Crippen molar-refractivity contribution < 1.29 is 4.74 Å². The highest BCUT2D eigenvalue weighted by Crippen LogP contribution is 2.41. The predicted molar refractivity (Wildman–Crippen MR) is 123 cm³/mol. The maximum Gasteiger partial charge on any atom is 0.0943 e. The topological polar surface area (TPSA) is 15.7 Å². The zero-order chi connectivity index (χ0) is 20.8. The second kappa shape index (κ2) is 9.73. The van der Waals surface area contributed by atoms with Gasteiger partial charge in [-0.2, -0.15) is 0 Å². The van der Waals surface area contributed by atoms with E-state index in [4.69, 9.17) is 4.74 Å². The monoisotopic (exact) mass is 388 g/mol. The molecule has 0 saturated carbocycles. The van der Waals surface area contributed by atoms with Gasteiger partial charge in [0.1, 0.15) is 0 Å². The fourth-order valence-electron chi connectivity index (χ4n) is 4.45. The van der Waals surface area contributed by atoms with E-state index in [1.807, 2.05) is 12.2 Å². The zero-order valence-corrected chi connectivity index (χ0v) is 17.8. The summed E-state index contributed by atoms with van der Waals surface area (Å²) >= 11 is 0. The van der Waals surface area contributed by atoms with Gasteiger partial charge in [-0.15, -0.1) is 13.2 Å². The van der Waals surface area contributed by atoms with Crippen LogP contribution in [0, 0.1) is 0 Å². The lowest BCUT2D eigenvalue weighted by molar-refractivity contribution is 0.0355. The molecule has 2 aromatic rings. The van der Waals surface area contributed by atoms with Crippen LogP contribution < -0.4 is 4.90 Å². The highest BCUT2D eigenvalue weighted by molar-refractivity contribution is 5.53. The quantitative estimate of drug-likeness (QED) is 0.548. The summed E-state index contributed by atoms with van der Waals surface area (Å²) in [5.74, 6) is 0. The first-order chi connectivity index (χ1) is 14.1. The molecule has 0 amide bonds. The highest BCUT2D eigenvalue weighted by atomic mass is 16.5. The lowest BCUT2D eigenvalue weighted by Crippen LogP contribution is -2.50. The number of para-hydroxylation sites is 1. The Kier molecular flexibility index (Phi) is 7.08. The Morgan fingerprint density at radius 1 is 1.10 bits per heavy atom. The molecule has 3 heteroatoms.